The number of nitrogens with zero attached hydrogens (tertiary/aromatic N) is 2. The van der Waals surface area contributed by atoms with Crippen molar-refractivity contribution in [1.82, 2.24) is 9.55 Å². The van der Waals surface area contributed by atoms with Crippen molar-refractivity contribution in [1.29, 1.82) is 0 Å². The number of aromatic nitrogens is 2. The van der Waals surface area contributed by atoms with Gasteiger partial charge in [0.05, 0.1) is 16.1 Å². The Morgan fingerprint density at radius 1 is 1.42 bits per heavy atom. The molecule has 6 heteroatoms. The lowest BCUT2D eigenvalue weighted by Gasteiger charge is -2.05. The number of benzene rings is 1. The molecule has 1 aromatic carbocycles. The van der Waals surface area contributed by atoms with Crippen molar-refractivity contribution in [3.63, 3.8) is 0 Å². The van der Waals surface area contributed by atoms with Gasteiger partial charge in [0, 0.05) is 12.6 Å². The number of aryl methyl sites for hydroxylation is 2. The van der Waals surface area contributed by atoms with Crippen molar-refractivity contribution < 1.29 is 4.39 Å². The Morgan fingerprint density at radius 3 is 3.00 bits per heavy atom. The molecule has 0 unspecified atom stereocenters. The number of rotatable bonds is 3. The third kappa shape index (κ3) is 2.31. The summed E-state index contributed by atoms with van der Waals surface area (Å²) in [5.74, 6) is -0.0715. The highest BCUT2D eigenvalue weighted by Gasteiger charge is 2.11. The topological polar surface area (TPSA) is 43.8 Å². The van der Waals surface area contributed by atoms with Gasteiger partial charge in [0.2, 0.25) is 5.95 Å². The highest BCUT2D eigenvalue weighted by atomic mass is 35.5. The fraction of sp³-hybridized carbons (Fsp3) is 0.154. The van der Waals surface area contributed by atoms with E-state index >= 15 is 0 Å². The monoisotopic (exact) mass is 295 g/mol. The number of imidazole rings is 1. The van der Waals surface area contributed by atoms with Gasteiger partial charge in [-0.15, -0.1) is 0 Å². The van der Waals surface area contributed by atoms with Crippen LogP contribution < -0.4 is 5.73 Å². The summed E-state index contributed by atoms with van der Waals surface area (Å²) in [5, 5.41) is 4.19. The van der Waals surface area contributed by atoms with Crippen LogP contribution in [0.4, 0.5) is 10.3 Å². The molecule has 98 valence electrons. The van der Waals surface area contributed by atoms with Crippen molar-refractivity contribution in [2.45, 2.75) is 13.0 Å². The maximum Gasteiger partial charge on any atom is 0.201 e. The fourth-order valence-electron chi connectivity index (χ4n) is 2.05. The van der Waals surface area contributed by atoms with Crippen molar-refractivity contribution in [3.05, 3.63) is 45.4 Å². The molecular weight excluding hydrogens is 285 g/mol. The van der Waals surface area contributed by atoms with Gasteiger partial charge in [-0.3, -0.25) is 0 Å². The molecule has 3 aromatic rings. The van der Waals surface area contributed by atoms with Crippen LogP contribution in [-0.4, -0.2) is 9.55 Å². The standard InChI is InChI=1S/C13H11ClFN3S/c14-9-5-11-12(6-10(9)15)18(13(16)17-11)3-1-8-2-4-19-7-8/h2,4-7H,1,3H2,(H2,16,17). The average molecular weight is 296 g/mol. The second kappa shape index (κ2) is 4.83. The van der Waals surface area contributed by atoms with Crippen LogP contribution in [0, 0.1) is 5.82 Å². The molecule has 0 saturated carbocycles. The second-order valence-electron chi connectivity index (χ2n) is 4.26. The molecule has 0 radical (unpaired) electrons. The zero-order valence-corrected chi connectivity index (χ0v) is 11.5. The predicted octanol–water partition coefficient (Wildman–Crippen LogP) is 3.72. The SMILES string of the molecule is Nc1nc2cc(Cl)c(F)cc2n1CCc1ccsc1. The van der Waals surface area contributed by atoms with E-state index in [0.29, 0.717) is 23.5 Å². The first-order valence-corrected chi connectivity index (χ1v) is 7.09. The Kier molecular flexibility index (Phi) is 3.16. The molecule has 0 bridgehead atoms. The van der Waals surface area contributed by atoms with Crippen LogP contribution in [0.25, 0.3) is 11.0 Å². The largest absolute Gasteiger partial charge is 0.369 e. The molecule has 0 atom stereocenters. The Labute approximate surface area is 118 Å². The number of anilines is 1. The third-order valence-corrected chi connectivity index (χ3v) is 4.05. The first-order valence-electron chi connectivity index (χ1n) is 5.77. The van der Waals surface area contributed by atoms with Gasteiger partial charge in [0.15, 0.2) is 0 Å². The van der Waals surface area contributed by atoms with E-state index in [1.54, 1.807) is 11.3 Å². The summed E-state index contributed by atoms with van der Waals surface area (Å²) in [6, 6.07) is 4.95. The van der Waals surface area contributed by atoms with Gasteiger partial charge in [0.25, 0.3) is 0 Å². The van der Waals surface area contributed by atoms with Gasteiger partial charge in [-0.2, -0.15) is 11.3 Å². The van der Waals surface area contributed by atoms with Crippen molar-refractivity contribution in [2.75, 3.05) is 5.73 Å². The number of fused-ring (bicyclic) bond motifs is 1. The molecule has 2 heterocycles. The average Bonchev–Trinajstić information content (AvgIpc) is 2.96. The first-order chi connectivity index (χ1) is 9.15. The van der Waals surface area contributed by atoms with Crippen LogP contribution in [0.3, 0.4) is 0 Å². The lowest BCUT2D eigenvalue weighted by molar-refractivity contribution is 0.628. The van der Waals surface area contributed by atoms with Crippen LogP contribution in [0.2, 0.25) is 5.02 Å². The van der Waals surface area contributed by atoms with E-state index in [1.165, 1.54) is 17.7 Å². The van der Waals surface area contributed by atoms with E-state index in [9.17, 15) is 4.39 Å². The zero-order chi connectivity index (χ0) is 13.4. The van der Waals surface area contributed by atoms with Crippen LogP contribution in [0.1, 0.15) is 5.56 Å². The molecule has 2 aromatic heterocycles. The van der Waals surface area contributed by atoms with Gasteiger partial charge in [0.1, 0.15) is 5.82 Å². The fourth-order valence-corrected chi connectivity index (χ4v) is 2.91. The minimum absolute atomic E-state index is 0.0648. The van der Waals surface area contributed by atoms with Crippen LogP contribution in [-0.2, 0) is 13.0 Å². The number of nitrogen functional groups attached to an aromatic ring is 1. The summed E-state index contributed by atoms with van der Waals surface area (Å²) in [7, 11) is 0. The van der Waals surface area contributed by atoms with Gasteiger partial charge in [-0.25, -0.2) is 9.37 Å². The second-order valence-corrected chi connectivity index (χ2v) is 5.45. The van der Waals surface area contributed by atoms with Crippen LogP contribution >= 0.6 is 22.9 Å². The van der Waals surface area contributed by atoms with E-state index in [-0.39, 0.29) is 5.02 Å². The van der Waals surface area contributed by atoms with E-state index < -0.39 is 5.82 Å². The van der Waals surface area contributed by atoms with Gasteiger partial charge < -0.3 is 10.3 Å². The summed E-state index contributed by atoms with van der Waals surface area (Å²) >= 11 is 7.40. The van der Waals surface area contributed by atoms with Crippen LogP contribution in [0.15, 0.2) is 29.0 Å². The van der Waals surface area contributed by atoms with Gasteiger partial charge in [-0.1, -0.05) is 11.6 Å². The van der Waals surface area contributed by atoms with E-state index in [4.69, 9.17) is 17.3 Å². The predicted molar refractivity (Wildman–Crippen MR) is 77.1 cm³/mol. The maximum atomic E-state index is 13.5. The number of nitrogens with two attached hydrogens (primary N) is 1. The quantitative estimate of drug-likeness (QED) is 0.800. The van der Waals surface area contributed by atoms with Gasteiger partial charge in [-0.05, 0) is 34.9 Å². The number of hydrogen-bond acceptors (Lipinski definition) is 3. The molecule has 0 saturated heterocycles. The maximum absolute atomic E-state index is 13.5. The number of thiophene rings is 1. The zero-order valence-electron chi connectivity index (χ0n) is 9.94. The van der Waals surface area contributed by atoms with E-state index in [0.717, 1.165) is 6.42 Å². The minimum Gasteiger partial charge on any atom is -0.369 e. The molecular formula is C13H11ClFN3S. The Balaban J connectivity index is 1.98. The minimum atomic E-state index is -0.453. The van der Waals surface area contributed by atoms with Gasteiger partial charge >= 0.3 is 0 Å². The molecule has 0 fully saturated rings. The molecule has 0 amide bonds. The number of halogens is 2. The lowest BCUT2D eigenvalue weighted by Crippen LogP contribution is -2.05. The molecule has 2 N–H and O–H groups in total. The summed E-state index contributed by atoms with van der Waals surface area (Å²) in [6.45, 7) is 0.667. The summed E-state index contributed by atoms with van der Waals surface area (Å²) in [5.41, 5.74) is 8.41. The highest BCUT2D eigenvalue weighted by Crippen LogP contribution is 2.25. The molecule has 0 aliphatic carbocycles. The van der Waals surface area contributed by atoms with Crippen molar-refractivity contribution >= 4 is 39.9 Å². The molecule has 0 aliphatic rings. The van der Waals surface area contributed by atoms with Crippen LogP contribution in [0.5, 0.6) is 0 Å². The summed E-state index contributed by atoms with van der Waals surface area (Å²) < 4.78 is 15.4. The first kappa shape index (κ1) is 12.4. The normalized spacial score (nSPS) is 11.3. The molecule has 3 nitrogen and oxygen atoms in total. The smallest absolute Gasteiger partial charge is 0.201 e. The highest BCUT2D eigenvalue weighted by molar-refractivity contribution is 7.07. The van der Waals surface area contributed by atoms with E-state index in [2.05, 4.69) is 16.4 Å². The Morgan fingerprint density at radius 2 is 2.26 bits per heavy atom. The molecule has 3 rings (SSSR count). The van der Waals surface area contributed by atoms with Crippen molar-refractivity contribution in [3.8, 4) is 0 Å². The molecule has 0 aliphatic heterocycles. The summed E-state index contributed by atoms with van der Waals surface area (Å²) in [6.07, 6.45) is 0.837. The molecule has 19 heavy (non-hydrogen) atoms. The summed E-state index contributed by atoms with van der Waals surface area (Å²) in [4.78, 5) is 4.21. The Hall–Kier alpha value is -1.59. The molecule has 0 spiro atoms. The lowest BCUT2D eigenvalue weighted by atomic mass is 10.2. The number of hydrogen-bond donors (Lipinski definition) is 1. The third-order valence-electron chi connectivity index (χ3n) is 3.02. The van der Waals surface area contributed by atoms with E-state index in [1.807, 2.05) is 9.95 Å². The Bertz CT molecular complexity index is 721. The van der Waals surface area contributed by atoms with Crippen molar-refractivity contribution in [2.24, 2.45) is 0 Å².